The van der Waals surface area contributed by atoms with Gasteiger partial charge in [0.25, 0.3) is 5.91 Å². The molecule has 0 fully saturated rings. The molecule has 2 nitrogen and oxygen atoms in total. The topological polar surface area (TPSA) is 29.1 Å². The molecule has 0 saturated carbocycles. The average Bonchev–Trinajstić information content (AvgIpc) is 2.26. The van der Waals surface area contributed by atoms with Crippen molar-refractivity contribution in [1.29, 1.82) is 0 Å². The van der Waals surface area contributed by atoms with E-state index in [9.17, 15) is 9.18 Å². The third kappa shape index (κ3) is 5.31. The molecule has 0 heterocycles. The second-order valence-electron chi connectivity index (χ2n) is 4.44. The lowest BCUT2D eigenvalue weighted by Crippen LogP contribution is -2.30. The maximum absolute atomic E-state index is 12.7. The molecule has 1 atom stereocenters. The van der Waals surface area contributed by atoms with Crippen molar-refractivity contribution in [3.05, 3.63) is 35.6 Å². The van der Waals surface area contributed by atoms with Gasteiger partial charge in [0.2, 0.25) is 0 Å². The standard InChI is InChI=1S/C13H17BrFNO/c1-9(2)7-11(14)8-16-13(17)10-3-5-12(15)6-4-10/h3-6,9,11H,7-8H2,1-2H3,(H,16,17). The largest absolute Gasteiger partial charge is 0.351 e. The molecule has 94 valence electrons. The molecule has 1 N–H and O–H groups in total. The van der Waals surface area contributed by atoms with Gasteiger partial charge in [-0.1, -0.05) is 29.8 Å². The van der Waals surface area contributed by atoms with E-state index in [1.807, 2.05) is 0 Å². The predicted octanol–water partition coefficient (Wildman–Crippen LogP) is 3.37. The second-order valence-corrected chi connectivity index (χ2v) is 5.74. The number of rotatable bonds is 5. The predicted molar refractivity (Wildman–Crippen MR) is 70.9 cm³/mol. The molecule has 0 radical (unpaired) electrons. The van der Waals surface area contributed by atoms with Crippen molar-refractivity contribution < 1.29 is 9.18 Å². The van der Waals surface area contributed by atoms with Crippen LogP contribution in [0.3, 0.4) is 0 Å². The monoisotopic (exact) mass is 301 g/mol. The molecule has 0 aliphatic carbocycles. The molecule has 0 aliphatic rings. The van der Waals surface area contributed by atoms with Crippen molar-refractivity contribution in [2.75, 3.05) is 6.54 Å². The van der Waals surface area contributed by atoms with E-state index >= 15 is 0 Å². The number of hydrogen-bond donors (Lipinski definition) is 1. The Balaban J connectivity index is 2.42. The van der Waals surface area contributed by atoms with Crippen molar-refractivity contribution in [3.8, 4) is 0 Å². The van der Waals surface area contributed by atoms with E-state index in [0.29, 0.717) is 18.0 Å². The number of amides is 1. The van der Waals surface area contributed by atoms with Crippen LogP contribution >= 0.6 is 15.9 Å². The summed E-state index contributed by atoms with van der Waals surface area (Å²) in [5, 5.41) is 2.82. The summed E-state index contributed by atoms with van der Waals surface area (Å²) in [5.41, 5.74) is 0.482. The number of benzene rings is 1. The number of nitrogens with one attached hydrogen (secondary N) is 1. The highest BCUT2D eigenvalue weighted by molar-refractivity contribution is 9.09. The van der Waals surface area contributed by atoms with E-state index in [2.05, 4.69) is 35.1 Å². The van der Waals surface area contributed by atoms with Gasteiger partial charge in [0.15, 0.2) is 0 Å². The van der Waals surface area contributed by atoms with Gasteiger partial charge in [-0.2, -0.15) is 0 Å². The lowest BCUT2D eigenvalue weighted by Gasteiger charge is -2.13. The minimum absolute atomic E-state index is 0.168. The van der Waals surface area contributed by atoms with Crippen LogP contribution in [-0.2, 0) is 0 Å². The summed E-state index contributed by atoms with van der Waals surface area (Å²) in [5.74, 6) is 0.0834. The minimum atomic E-state index is -0.334. The number of halogens is 2. The molecule has 0 bridgehead atoms. The van der Waals surface area contributed by atoms with Gasteiger partial charge in [-0.25, -0.2) is 4.39 Å². The fraction of sp³-hybridized carbons (Fsp3) is 0.462. The zero-order valence-electron chi connectivity index (χ0n) is 10.0. The maximum Gasteiger partial charge on any atom is 0.251 e. The smallest absolute Gasteiger partial charge is 0.251 e. The third-order valence-corrected chi connectivity index (χ3v) is 3.02. The molecule has 4 heteroatoms. The molecule has 1 unspecified atom stereocenters. The number of carbonyl (C=O) groups is 1. The third-order valence-electron chi connectivity index (χ3n) is 2.32. The van der Waals surface area contributed by atoms with Crippen LogP contribution in [-0.4, -0.2) is 17.3 Å². The highest BCUT2D eigenvalue weighted by atomic mass is 79.9. The number of alkyl halides is 1. The van der Waals surface area contributed by atoms with Gasteiger partial charge in [-0.3, -0.25) is 4.79 Å². The molecule has 1 rings (SSSR count). The van der Waals surface area contributed by atoms with Gasteiger partial charge in [-0.15, -0.1) is 0 Å². The van der Waals surface area contributed by atoms with Crippen LogP contribution in [0, 0.1) is 11.7 Å². The Morgan fingerprint density at radius 2 is 1.94 bits per heavy atom. The Kier molecular flexibility index (Phi) is 5.62. The first-order valence-electron chi connectivity index (χ1n) is 5.67. The summed E-state index contributed by atoms with van der Waals surface area (Å²) in [6, 6.07) is 5.54. The van der Waals surface area contributed by atoms with Gasteiger partial charge in [-0.05, 0) is 36.6 Å². The van der Waals surface area contributed by atoms with Crippen molar-refractivity contribution in [2.45, 2.75) is 25.1 Å². The van der Waals surface area contributed by atoms with Crippen molar-refractivity contribution in [3.63, 3.8) is 0 Å². The van der Waals surface area contributed by atoms with E-state index in [1.165, 1.54) is 24.3 Å². The molecule has 17 heavy (non-hydrogen) atoms. The fourth-order valence-electron chi connectivity index (χ4n) is 1.50. The number of carbonyl (C=O) groups excluding carboxylic acids is 1. The molecule has 1 amide bonds. The maximum atomic E-state index is 12.7. The Morgan fingerprint density at radius 3 is 2.47 bits per heavy atom. The zero-order chi connectivity index (χ0) is 12.8. The summed E-state index contributed by atoms with van der Waals surface area (Å²) >= 11 is 3.52. The Hall–Kier alpha value is -0.900. The quantitative estimate of drug-likeness (QED) is 0.830. The van der Waals surface area contributed by atoms with Gasteiger partial charge in [0, 0.05) is 16.9 Å². The molecule has 1 aromatic rings. The molecule has 0 saturated heterocycles. The van der Waals surface area contributed by atoms with Gasteiger partial charge in [0.05, 0.1) is 0 Å². The van der Waals surface area contributed by atoms with Crippen LogP contribution in [0.5, 0.6) is 0 Å². The van der Waals surface area contributed by atoms with Crippen LogP contribution in [0.2, 0.25) is 0 Å². The van der Waals surface area contributed by atoms with Crippen molar-refractivity contribution in [1.82, 2.24) is 5.32 Å². The van der Waals surface area contributed by atoms with E-state index < -0.39 is 0 Å². The van der Waals surface area contributed by atoms with E-state index in [1.54, 1.807) is 0 Å². The van der Waals surface area contributed by atoms with E-state index in [4.69, 9.17) is 0 Å². The second kappa shape index (κ2) is 6.74. The van der Waals surface area contributed by atoms with Crippen molar-refractivity contribution in [2.24, 2.45) is 5.92 Å². The average molecular weight is 302 g/mol. The van der Waals surface area contributed by atoms with Crippen LogP contribution in [0.15, 0.2) is 24.3 Å². The molecular formula is C13H17BrFNO. The zero-order valence-corrected chi connectivity index (χ0v) is 11.6. The van der Waals surface area contributed by atoms with Gasteiger partial charge < -0.3 is 5.32 Å². The lowest BCUT2D eigenvalue weighted by atomic mass is 10.1. The Bertz CT molecular complexity index is 364. The van der Waals surface area contributed by atoms with E-state index in [0.717, 1.165) is 6.42 Å². The minimum Gasteiger partial charge on any atom is -0.351 e. The summed E-state index contributed by atoms with van der Waals surface area (Å²) in [4.78, 5) is 12.0. The molecule has 1 aromatic carbocycles. The molecule has 0 spiro atoms. The highest BCUT2D eigenvalue weighted by Crippen LogP contribution is 2.11. The summed E-state index contributed by atoms with van der Waals surface area (Å²) in [7, 11) is 0. The van der Waals surface area contributed by atoms with Crippen LogP contribution in [0.25, 0.3) is 0 Å². The van der Waals surface area contributed by atoms with Gasteiger partial charge >= 0.3 is 0 Å². The summed E-state index contributed by atoms with van der Waals surface area (Å²) in [6.07, 6.45) is 1.00. The van der Waals surface area contributed by atoms with Crippen LogP contribution < -0.4 is 5.32 Å². The summed E-state index contributed by atoms with van der Waals surface area (Å²) in [6.45, 7) is 4.85. The van der Waals surface area contributed by atoms with E-state index in [-0.39, 0.29) is 16.6 Å². The SMILES string of the molecule is CC(C)CC(Br)CNC(=O)c1ccc(F)cc1. The van der Waals surface area contributed by atoms with Crippen LogP contribution in [0.1, 0.15) is 30.6 Å². The molecular weight excluding hydrogens is 285 g/mol. The highest BCUT2D eigenvalue weighted by Gasteiger charge is 2.10. The van der Waals surface area contributed by atoms with Crippen LogP contribution in [0.4, 0.5) is 4.39 Å². The van der Waals surface area contributed by atoms with Gasteiger partial charge in [0.1, 0.15) is 5.82 Å². The summed E-state index contributed by atoms with van der Waals surface area (Å²) < 4.78 is 12.7. The first-order chi connectivity index (χ1) is 7.99. The Morgan fingerprint density at radius 1 is 1.35 bits per heavy atom. The Labute approximate surface area is 110 Å². The molecule has 0 aliphatic heterocycles. The molecule has 0 aromatic heterocycles. The fourth-order valence-corrected chi connectivity index (χ4v) is 2.41. The normalized spacial score (nSPS) is 12.5. The number of hydrogen-bond acceptors (Lipinski definition) is 1. The first-order valence-corrected chi connectivity index (χ1v) is 6.58. The first kappa shape index (κ1) is 14.2. The lowest BCUT2D eigenvalue weighted by molar-refractivity contribution is 0.0953. The van der Waals surface area contributed by atoms with Crippen molar-refractivity contribution >= 4 is 21.8 Å².